The first-order valence-corrected chi connectivity index (χ1v) is 4.01. The van der Waals surface area contributed by atoms with Gasteiger partial charge in [0.05, 0.1) is 25.4 Å². The Morgan fingerprint density at radius 3 is 1.83 bits per heavy atom. The SMILES string of the molecule is OC[C@@H]1N[C@H](CO)C(O)[C@@H]1CO. The highest BCUT2D eigenvalue weighted by molar-refractivity contribution is 4.96. The second kappa shape index (κ2) is 4.15. The summed E-state index contributed by atoms with van der Waals surface area (Å²) in [5.74, 6) is -0.382. The van der Waals surface area contributed by atoms with Crippen LogP contribution in [0.3, 0.4) is 0 Å². The third-order valence-corrected chi connectivity index (χ3v) is 2.40. The second-order valence-electron chi connectivity index (χ2n) is 3.08. The van der Waals surface area contributed by atoms with Crippen molar-refractivity contribution < 1.29 is 20.4 Å². The molecular formula is C7H15NO4. The summed E-state index contributed by atoms with van der Waals surface area (Å²) in [5.41, 5.74) is 0. The summed E-state index contributed by atoms with van der Waals surface area (Å²) in [6, 6.07) is -0.749. The van der Waals surface area contributed by atoms with E-state index >= 15 is 0 Å². The Morgan fingerprint density at radius 2 is 1.50 bits per heavy atom. The third-order valence-electron chi connectivity index (χ3n) is 2.40. The minimum absolute atomic E-state index is 0.140. The molecule has 1 heterocycles. The molecule has 0 saturated carbocycles. The fourth-order valence-corrected chi connectivity index (χ4v) is 1.62. The summed E-state index contributed by atoms with van der Waals surface area (Å²) in [6.07, 6.45) is -0.780. The highest BCUT2D eigenvalue weighted by Gasteiger charge is 2.40. The molecule has 1 saturated heterocycles. The highest BCUT2D eigenvalue weighted by atomic mass is 16.3. The van der Waals surface area contributed by atoms with Crippen LogP contribution in [0.5, 0.6) is 0 Å². The zero-order valence-electron chi connectivity index (χ0n) is 6.72. The summed E-state index contributed by atoms with van der Waals surface area (Å²) in [4.78, 5) is 0. The molecule has 1 unspecified atom stereocenters. The van der Waals surface area contributed by atoms with E-state index in [1.807, 2.05) is 0 Å². The first-order valence-electron chi connectivity index (χ1n) is 4.01. The molecule has 5 heteroatoms. The fourth-order valence-electron chi connectivity index (χ4n) is 1.62. The van der Waals surface area contributed by atoms with Crippen LogP contribution in [0.2, 0.25) is 0 Å². The molecule has 4 atom stereocenters. The normalized spacial score (nSPS) is 42.0. The predicted molar refractivity (Wildman–Crippen MR) is 41.5 cm³/mol. The van der Waals surface area contributed by atoms with Crippen molar-refractivity contribution in [2.45, 2.75) is 18.2 Å². The number of rotatable bonds is 3. The van der Waals surface area contributed by atoms with Crippen LogP contribution in [0.15, 0.2) is 0 Å². The van der Waals surface area contributed by atoms with Gasteiger partial charge in [0, 0.05) is 18.6 Å². The second-order valence-corrected chi connectivity index (χ2v) is 3.08. The zero-order valence-corrected chi connectivity index (χ0v) is 6.72. The molecule has 0 aromatic heterocycles. The van der Waals surface area contributed by atoms with E-state index < -0.39 is 12.1 Å². The molecular weight excluding hydrogens is 162 g/mol. The zero-order chi connectivity index (χ0) is 9.14. The smallest absolute Gasteiger partial charge is 0.0781 e. The van der Waals surface area contributed by atoms with Crippen LogP contribution in [-0.2, 0) is 0 Å². The van der Waals surface area contributed by atoms with Gasteiger partial charge in [0.15, 0.2) is 0 Å². The number of nitrogens with one attached hydrogen (secondary N) is 1. The average molecular weight is 177 g/mol. The average Bonchev–Trinajstić information content (AvgIpc) is 2.41. The molecule has 12 heavy (non-hydrogen) atoms. The van der Waals surface area contributed by atoms with Gasteiger partial charge in [-0.1, -0.05) is 0 Å². The van der Waals surface area contributed by atoms with E-state index in [4.69, 9.17) is 15.3 Å². The van der Waals surface area contributed by atoms with Gasteiger partial charge in [-0.3, -0.25) is 0 Å². The van der Waals surface area contributed by atoms with Crippen LogP contribution in [0.1, 0.15) is 0 Å². The molecule has 5 N–H and O–H groups in total. The van der Waals surface area contributed by atoms with Crippen molar-refractivity contribution in [2.24, 2.45) is 5.92 Å². The van der Waals surface area contributed by atoms with Crippen LogP contribution < -0.4 is 5.32 Å². The lowest BCUT2D eigenvalue weighted by Crippen LogP contribution is -2.37. The molecule has 1 aliphatic rings. The Balaban J connectivity index is 2.58. The lowest BCUT2D eigenvalue weighted by Gasteiger charge is -2.16. The Hall–Kier alpha value is -0.200. The maximum absolute atomic E-state index is 9.46. The van der Waals surface area contributed by atoms with E-state index in [1.165, 1.54) is 0 Å². The van der Waals surface area contributed by atoms with Crippen LogP contribution in [-0.4, -0.2) is 58.4 Å². The van der Waals surface area contributed by atoms with Gasteiger partial charge < -0.3 is 25.7 Å². The van der Waals surface area contributed by atoms with Crippen molar-refractivity contribution in [1.82, 2.24) is 5.32 Å². The van der Waals surface area contributed by atoms with Crippen molar-refractivity contribution >= 4 is 0 Å². The lowest BCUT2D eigenvalue weighted by atomic mass is 9.98. The van der Waals surface area contributed by atoms with Crippen LogP contribution in [0, 0.1) is 5.92 Å². The third kappa shape index (κ3) is 1.60. The first-order chi connectivity index (χ1) is 5.74. The molecule has 0 aromatic carbocycles. The Kier molecular flexibility index (Phi) is 3.42. The number of hydrogen-bond acceptors (Lipinski definition) is 5. The highest BCUT2D eigenvalue weighted by Crippen LogP contribution is 2.20. The Morgan fingerprint density at radius 1 is 0.917 bits per heavy atom. The van der Waals surface area contributed by atoms with E-state index in [1.54, 1.807) is 0 Å². The monoisotopic (exact) mass is 177 g/mol. The Bertz CT molecular complexity index is 141. The van der Waals surface area contributed by atoms with E-state index in [2.05, 4.69) is 5.32 Å². The molecule has 0 spiro atoms. The summed E-state index contributed by atoms with van der Waals surface area (Å²) in [5, 5.41) is 38.8. The van der Waals surface area contributed by atoms with Crippen LogP contribution in [0.25, 0.3) is 0 Å². The number of hydrogen-bond donors (Lipinski definition) is 5. The van der Waals surface area contributed by atoms with Crippen molar-refractivity contribution in [3.8, 4) is 0 Å². The standard InChI is InChI=1S/C7H15NO4/c9-1-4-5(2-10)8-6(3-11)7(4)12/h4-12H,1-3H2/t4-,5+,6-,7?/m1/s1. The van der Waals surface area contributed by atoms with Gasteiger partial charge in [-0.15, -0.1) is 0 Å². The van der Waals surface area contributed by atoms with Crippen molar-refractivity contribution in [1.29, 1.82) is 0 Å². The molecule has 0 aromatic rings. The quantitative estimate of drug-likeness (QED) is 0.323. The van der Waals surface area contributed by atoms with E-state index in [-0.39, 0.29) is 31.8 Å². The first kappa shape index (κ1) is 9.88. The maximum Gasteiger partial charge on any atom is 0.0781 e. The summed E-state index contributed by atoms with van der Waals surface area (Å²) < 4.78 is 0. The van der Waals surface area contributed by atoms with Gasteiger partial charge in [-0.2, -0.15) is 0 Å². The molecule has 0 bridgehead atoms. The minimum Gasteiger partial charge on any atom is -0.396 e. The van der Waals surface area contributed by atoms with Gasteiger partial charge in [0.25, 0.3) is 0 Å². The predicted octanol–water partition coefficient (Wildman–Crippen LogP) is -2.72. The molecule has 1 aliphatic heterocycles. The molecule has 0 radical (unpaired) electrons. The van der Waals surface area contributed by atoms with Crippen molar-refractivity contribution in [3.63, 3.8) is 0 Å². The van der Waals surface area contributed by atoms with Crippen LogP contribution >= 0.6 is 0 Å². The van der Waals surface area contributed by atoms with Gasteiger partial charge in [0.1, 0.15) is 0 Å². The largest absolute Gasteiger partial charge is 0.396 e. The van der Waals surface area contributed by atoms with Crippen LogP contribution in [0.4, 0.5) is 0 Å². The van der Waals surface area contributed by atoms with Crippen molar-refractivity contribution in [3.05, 3.63) is 0 Å². The van der Waals surface area contributed by atoms with Gasteiger partial charge in [-0.25, -0.2) is 0 Å². The lowest BCUT2D eigenvalue weighted by molar-refractivity contribution is 0.0546. The fraction of sp³-hybridized carbons (Fsp3) is 1.00. The topological polar surface area (TPSA) is 93.0 Å². The molecule has 72 valence electrons. The number of aliphatic hydroxyl groups excluding tert-OH is 4. The molecule has 0 aliphatic carbocycles. The summed E-state index contributed by atoms with van der Waals surface area (Å²) in [7, 11) is 0. The van der Waals surface area contributed by atoms with E-state index in [0.717, 1.165) is 0 Å². The molecule has 1 fully saturated rings. The van der Waals surface area contributed by atoms with Gasteiger partial charge in [-0.05, 0) is 0 Å². The molecule has 0 amide bonds. The molecule has 5 nitrogen and oxygen atoms in total. The van der Waals surface area contributed by atoms with E-state index in [0.29, 0.717) is 0 Å². The van der Waals surface area contributed by atoms with Crippen molar-refractivity contribution in [2.75, 3.05) is 19.8 Å². The summed E-state index contributed by atoms with van der Waals surface area (Å²) in [6.45, 7) is -0.511. The van der Waals surface area contributed by atoms with Gasteiger partial charge >= 0.3 is 0 Å². The Labute approximate surface area is 70.6 Å². The minimum atomic E-state index is -0.780. The number of aliphatic hydroxyl groups is 4. The van der Waals surface area contributed by atoms with Gasteiger partial charge in [0.2, 0.25) is 0 Å². The summed E-state index contributed by atoms with van der Waals surface area (Å²) >= 11 is 0. The molecule has 1 rings (SSSR count). The van der Waals surface area contributed by atoms with E-state index in [9.17, 15) is 5.11 Å². The maximum atomic E-state index is 9.46.